The normalized spacial score (nSPS) is 17.5. The molecule has 0 spiro atoms. The number of nitrogens with zero attached hydrogens (tertiary/aromatic N) is 4. The first kappa shape index (κ1) is 15.5. The number of carbonyl (C=O) groups is 1. The van der Waals surface area contributed by atoms with E-state index in [2.05, 4.69) is 20.7 Å². The number of thiazole rings is 1. The van der Waals surface area contributed by atoms with Gasteiger partial charge in [0.05, 0.1) is 33.5 Å². The van der Waals surface area contributed by atoms with Gasteiger partial charge in [-0.25, -0.2) is 4.98 Å². The first-order chi connectivity index (χ1) is 11.7. The SMILES string of the molecule is CCc1nc2ccc(C(=O)N3CCC(Oc4cnsn4)C3)cc2s1. The standard InChI is InChI=1S/C16H16N4O2S2/c1-2-15-18-12-4-3-10(7-13(12)23-15)16(21)20-6-5-11(9-20)22-14-8-17-24-19-14/h3-4,7-8,11H,2,5-6,9H2,1H3. The van der Waals surface area contributed by atoms with Gasteiger partial charge in [0, 0.05) is 18.5 Å². The molecule has 1 fully saturated rings. The third kappa shape index (κ3) is 2.99. The highest BCUT2D eigenvalue weighted by Crippen LogP contribution is 2.25. The second-order valence-corrected chi connectivity index (χ2v) is 7.34. The summed E-state index contributed by atoms with van der Waals surface area (Å²) in [6.45, 7) is 3.37. The average Bonchev–Trinajstić information content (AvgIpc) is 3.34. The summed E-state index contributed by atoms with van der Waals surface area (Å²) in [5, 5.41) is 1.10. The van der Waals surface area contributed by atoms with Crippen molar-refractivity contribution in [1.82, 2.24) is 18.6 Å². The molecule has 1 aliphatic heterocycles. The summed E-state index contributed by atoms with van der Waals surface area (Å²) < 4.78 is 14.8. The molecule has 1 atom stereocenters. The fourth-order valence-corrected chi connectivity index (χ4v) is 4.13. The Morgan fingerprint density at radius 2 is 2.38 bits per heavy atom. The lowest BCUT2D eigenvalue weighted by Crippen LogP contribution is -2.30. The van der Waals surface area contributed by atoms with Crippen molar-refractivity contribution in [2.45, 2.75) is 25.9 Å². The summed E-state index contributed by atoms with van der Waals surface area (Å²) in [6.07, 6.45) is 3.32. The molecule has 1 aliphatic rings. The Labute approximate surface area is 147 Å². The van der Waals surface area contributed by atoms with Crippen LogP contribution < -0.4 is 4.74 Å². The molecule has 0 N–H and O–H groups in total. The van der Waals surface area contributed by atoms with Gasteiger partial charge in [0.25, 0.3) is 5.91 Å². The van der Waals surface area contributed by atoms with Gasteiger partial charge in [-0.15, -0.1) is 15.7 Å². The molecule has 2 aromatic heterocycles. The van der Waals surface area contributed by atoms with E-state index >= 15 is 0 Å². The van der Waals surface area contributed by atoms with E-state index < -0.39 is 0 Å². The van der Waals surface area contributed by atoms with Gasteiger partial charge in [-0.05, 0) is 24.6 Å². The van der Waals surface area contributed by atoms with Gasteiger partial charge in [0.1, 0.15) is 12.3 Å². The van der Waals surface area contributed by atoms with Gasteiger partial charge in [-0.2, -0.15) is 4.37 Å². The molecule has 1 aromatic carbocycles. The number of aryl methyl sites for hydroxylation is 1. The quantitative estimate of drug-likeness (QED) is 0.715. The molecular formula is C16H16N4O2S2. The van der Waals surface area contributed by atoms with E-state index in [-0.39, 0.29) is 12.0 Å². The molecular weight excluding hydrogens is 344 g/mol. The maximum absolute atomic E-state index is 12.7. The second-order valence-electron chi connectivity index (χ2n) is 5.67. The van der Waals surface area contributed by atoms with E-state index in [1.165, 1.54) is 0 Å². The summed E-state index contributed by atoms with van der Waals surface area (Å²) in [5.74, 6) is 0.586. The number of rotatable bonds is 4. The molecule has 124 valence electrons. The number of benzene rings is 1. The molecule has 0 aliphatic carbocycles. The van der Waals surface area contributed by atoms with Crippen molar-refractivity contribution >= 4 is 39.2 Å². The number of ether oxygens (including phenoxy) is 1. The maximum atomic E-state index is 12.7. The Morgan fingerprint density at radius 3 is 3.17 bits per heavy atom. The number of fused-ring (bicyclic) bond motifs is 1. The first-order valence-corrected chi connectivity index (χ1v) is 9.40. The first-order valence-electron chi connectivity index (χ1n) is 7.86. The lowest BCUT2D eigenvalue weighted by Gasteiger charge is -2.16. The van der Waals surface area contributed by atoms with Gasteiger partial charge in [0.2, 0.25) is 5.88 Å². The minimum absolute atomic E-state index is 0.0170. The van der Waals surface area contributed by atoms with Crippen molar-refractivity contribution in [2.24, 2.45) is 0 Å². The third-order valence-electron chi connectivity index (χ3n) is 4.04. The monoisotopic (exact) mass is 360 g/mol. The highest BCUT2D eigenvalue weighted by molar-refractivity contribution is 7.18. The maximum Gasteiger partial charge on any atom is 0.254 e. The van der Waals surface area contributed by atoms with Crippen molar-refractivity contribution in [2.75, 3.05) is 13.1 Å². The lowest BCUT2D eigenvalue weighted by molar-refractivity contribution is 0.0771. The molecule has 0 saturated carbocycles. The van der Waals surface area contributed by atoms with Crippen LogP contribution in [0.3, 0.4) is 0 Å². The zero-order valence-corrected chi connectivity index (χ0v) is 14.8. The van der Waals surface area contributed by atoms with Crippen LogP contribution in [0.2, 0.25) is 0 Å². The summed E-state index contributed by atoms with van der Waals surface area (Å²) in [6, 6.07) is 5.75. The van der Waals surface area contributed by atoms with E-state index in [9.17, 15) is 4.79 Å². The predicted molar refractivity (Wildman–Crippen MR) is 93.8 cm³/mol. The van der Waals surface area contributed by atoms with Gasteiger partial charge >= 0.3 is 0 Å². The minimum atomic E-state index is -0.0170. The number of aromatic nitrogens is 3. The smallest absolute Gasteiger partial charge is 0.254 e. The van der Waals surface area contributed by atoms with Gasteiger partial charge in [-0.3, -0.25) is 4.79 Å². The Morgan fingerprint density at radius 1 is 1.46 bits per heavy atom. The number of carbonyl (C=O) groups excluding carboxylic acids is 1. The zero-order chi connectivity index (χ0) is 16.5. The highest BCUT2D eigenvalue weighted by Gasteiger charge is 2.29. The van der Waals surface area contributed by atoms with Crippen LogP contribution in [-0.4, -0.2) is 43.7 Å². The van der Waals surface area contributed by atoms with Crippen molar-refractivity contribution < 1.29 is 9.53 Å². The Balaban J connectivity index is 1.47. The molecule has 0 bridgehead atoms. The third-order valence-corrected chi connectivity index (χ3v) is 5.67. The van der Waals surface area contributed by atoms with Gasteiger partial charge in [-0.1, -0.05) is 6.92 Å². The highest BCUT2D eigenvalue weighted by atomic mass is 32.1. The molecule has 24 heavy (non-hydrogen) atoms. The molecule has 4 rings (SSSR count). The van der Waals surface area contributed by atoms with Crippen LogP contribution in [0.1, 0.15) is 28.7 Å². The van der Waals surface area contributed by atoms with Crippen molar-refractivity contribution in [3.05, 3.63) is 35.0 Å². The lowest BCUT2D eigenvalue weighted by atomic mass is 10.2. The predicted octanol–water partition coefficient (Wildman–Crippen LogP) is 3.00. The number of amides is 1. The largest absolute Gasteiger partial charge is 0.471 e. The topological polar surface area (TPSA) is 68.2 Å². The average molecular weight is 360 g/mol. The molecule has 3 heterocycles. The zero-order valence-electron chi connectivity index (χ0n) is 13.1. The molecule has 3 aromatic rings. The van der Waals surface area contributed by atoms with E-state index in [0.29, 0.717) is 24.5 Å². The number of hydrogen-bond acceptors (Lipinski definition) is 7. The van der Waals surface area contributed by atoms with Crippen LogP contribution >= 0.6 is 23.1 Å². The minimum Gasteiger partial charge on any atom is -0.471 e. The number of hydrogen-bond donors (Lipinski definition) is 0. The Kier molecular flexibility index (Phi) is 4.15. The second kappa shape index (κ2) is 6.45. The van der Waals surface area contributed by atoms with E-state index in [0.717, 1.165) is 39.8 Å². The Bertz CT molecular complexity index is 862. The fourth-order valence-electron chi connectivity index (χ4n) is 2.83. The molecule has 1 unspecified atom stereocenters. The fraction of sp³-hybridized carbons (Fsp3) is 0.375. The summed E-state index contributed by atoms with van der Waals surface area (Å²) in [5.41, 5.74) is 1.68. The number of likely N-dealkylation sites (tertiary alicyclic amines) is 1. The van der Waals surface area contributed by atoms with E-state index in [1.807, 2.05) is 23.1 Å². The molecule has 1 amide bonds. The molecule has 0 radical (unpaired) electrons. The molecule has 1 saturated heterocycles. The van der Waals surface area contributed by atoms with Crippen LogP contribution in [0.15, 0.2) is 24.4 Å². The van der Waals surface area contributed by atoms with Crippen molar-refractivity contribution in [1.29, 1.82) is 0 Å². The van der Waals surface area contributed by atoms with E-state index in [1.54, 1.807) is 17.5 Å². The summed E-state index contributed by atoms with van der Waals surface area (Å²) >= 11 is 2.78. The van der Waals surface area contributed by atoms with Crippen LogP contribution in [0.25, 0.3) is 10.2 Å². The Hall–Kier alpha value is -2.06. The van der Waals surface area contributed by atoms with Gasteiger partial charge in [0.15, 0.2) is 0 Å². The van der Waals surface area contributed by atoms with Crippen LogP contribution in [0.5, 0.6) is 5.88 Å². The van der Waals surface area contributed by atoms with Gasteiger partial charge < -0.3 is 9.64 Å². The van der Waals surface area contributed by atoms with Crippen molar-refractivity contribution in [3.8, 4) is 5.88 Å². The molecule has 6 nitrogen and oxygen atoms in total. The van der Waals surface area contributed by atoms with Crippen LogP contribution in [0.4, 0.5) is 0 Å². The van der Waals surface area contributed by atoms with Crippen LogP contribution in [-0.2, 0) is 6.42 Å². The molecule has 8 heteroatoms. The van der Waals surface area contributed by atoms with Crippen molar-refractivity contribution in [3.63, 3.8) is 0 Å². The summed E-state index contributed by atoms with van der Waals surface area (Å²) in [4.78, 5) is 19.1. The summed E-state index contributed by atoms with van der Waals surface area (Å²) in [7, 11) is 0. The van der Waals surface area contributed by atoms with Crippen LogP contribution in [0, 0.1) is 0 Å². The van der Waals surface area contributed by atoms with E-state index in [4.69, 9.17) is 4.74 Å².